The van der Waals surface area contributed by atoms with Gasteiger partial charge in [0.15, 0.2) is 14.9 Å². The van der Waals surface area contributed by atoms with Gasteiger partial charge in [-0.1, -0.05) is 46.0 Å². The van der Waals surface area contributed by atoms with Gasteiger partial charge in [0.2, 0.25) is 0 Å². The van der Waals surface area contributed by atoms with Crippen molar-refractivity contribution in [1.82, 2.24) is 0 Å². The molecule has 0 N–H and O–H groups in total. The zero-order valence-corrected chi connectivity index (χ0v) is 19.5. The van der Waals surface area contributed by atoms with E-state index < -0.39 is 24.0 Å². The second-order valence-electron chi connectivity index (χ2n) is 8.78. The van der Waals surface area contributed by atoms with E-state index in [4.69, 9.17) is 9.16 Å². The van der Waals surface area contributed by atoms with Gasteiger partial charge in [0.1, 0.15) is 15.8 Å². The van der Waals surface area contributed by atoms with E-state index in [2.05, 4.69) is 20.8 Å². The summed E-state index contributed by atoms with van der Waals surface area (Å²) in [4.78, 5) is 0. The highest BCUT2D eigenvalue weighted by atomic mass is 32.2. The quantitative estimate of drug-likeness (QED) is 0.578. The highest BCUT2D eigenvalue weighted by Gasteiger charge is 2.44. The zero-order chi connectivity index (χ0) is 20.1. The molecule has 0 aliphatic heterocycles. The molecule has 8 heteroatoms. The Kier molecular flexibility index (Phi) is 5.73. The number of sulfone groups is 1. The van der Waals surface area contributed by atoms with Crippen LogP contribution in [0.5, 0.6) is 5.06 Å². The standard InChI is InChI=1S/C18H29FO4S2Si/c1-11(2)10-22-16-12-9-13(19)15(23-26(7,8)18(3,4)5)14(12)17(24-16)25(6,20)21/h11H,9-10H2,1-8H3. The molecule has 0 spiro atoms. The Bertz CT molecular complexity index is 830. The van der Waals surface area contributed by atoms with E-state index in [1.165, 1.54) is 0 Å². The van der Waals surface area contributed by atoms with Crippen molar-refractivity contribution in [2.75, 3.05) is 12.9 Å². The highest BCUT2D eigenvalue weighted by molar-refractivity contribution is 7.92. The summed E-state index contributed by atoms with van der Waals surface area (Å²) in [7, 11) is -5.84. The fourth-order valence-corrected chi connectivity index (χ4v) is 5.68. The summed E-state index contributed by atoms with van der Waals surface area (Å²) in [6.45, 7) is 14.7. The Labute approximate surface area is 161 Å². The largest absolute Gasteiger partial charge is 0.541 e. The predicted molar refractivity (Wildman–Crippen MR) is 108 cm³/mol. The molecule has 0 radical (unpaired) electrons. The van der Waals surface area contributed by atoms with E-state index in [-0.39, 0.29) is 27.3 Å². The first kappa shape index (κ1) is 21.4. The lowest BCUT2D eigenvalue weighted by atomic mass is 10.2. The number of ether oxygens (including phenoxy) is 1. The van der Waals surface area contributed by atoms with Gasteiger partial charge in [-0.3, -0.25) is 0 Å². The molecule has 1 aliphatic rings. The monoisotopic (exact) mass is 420 g/mol. The molecule has 0 saturated heterocycles. The van der Waals surface area contributed by atoms with E-state index in [0.717, 1.165) is 17.6 Å². The first-order valence-electron chi connectivity index (χ1n) is 8.71. The van der Waals surface area contributed by atoms with E-state index in [1.54, 1.807) is 0 Å². The maximum Gasteiger partial charge on any atom is 0.250 e. The maximum atomic E-state index is 14.8. The Morgan fingerprint density at radius 1 is 1.27 bits per heavy atom. The lowest BCUT2D eigenvalue weighted by Gasteiger charge is -2.37. The second kappa shape index (κ2) is 6.94. The lowest BCUT2D eigenvalue weighted by Crippen LogP contribution is -2.40. The Morgan fingerprint density at radius 3 is 2.31 bits per heavy atom. The van der Waals surface area contributed by atoms with Gasteiger partial charge in [0, 0.05) is 18.2 Å². The van der Waals surface area contributed by atoms with Crippen molar-refractivity contribution in [3.05, 3.63) is 17.0 Å². The van der Waals surface area contributed by atoms with Gasteiger partial charge in [-0.2, -0.15) is 0 Å². The minimum absolute atomic E-state index is 0.0265. The van der Waals surface area contributed by atoms with Crippen LogP contribution in [0.2, 0.25) is 18.1 Å². The van der Waals surface area contributed by atoms with Crippen LogP contribution in [0.4, 0.5) is 4.39 Å². The number of rotatable bonds is 6. The molecule has 1 aliphatic carbocycles. The molecule has 148 valence electrons. The van der Waals surface area contributed by atoms with Crippen molar-refractivity contribution in [2.45, 2.75) is 63.4 Å². The molecular weight excluding hydrogens is 391 g/mol. The fourth-order valence-electron chi connectivity index (χ4n) is 2.32. The third-order valence-corrected chi connectivity index (χ3v) is 12.1. The van der Waals surface area contributed by atoms with Crippen LogP contribution in [-0.4, -0.2) is 29.6 Å². The molecule has 26 heavy (non-hydrogen) atoms. The van der Waals surface area contributed by atoms with Crippen molar-refractivity contribution in [2.24, 2.45) is 5.92 Å². The van der Waals surface area contributed by atoms with E-state index in [1.807, 2.05) is 26.9 Å². The average molecular weight is 421 g/mol. The molecule has 1 aromatic heterocycles. The third-order valence-electron chi connectivity index (χ3n) is 4.79. The summed E-state index contributed by atoms with van der Waals surface area (Å²) < 4.78 is 51.6. The van der Waals surface area contributed by atoms with Gasteiger partial charge < -0.3 is 9.16 Å². The molecule has 0 unspecified atom stereocenters. The van der Waals surface area contributed by atoms with E-state index in [0.29, 0.717) is 22.8 Å². The summed E-state index contributed by atoms with van der Waals surface area (Å²) in [6.07, 6.45) is 1.17. The predicted octanol–water partition coefficient (Wildman–Crippen LogP) is 5.40. The zero-order valence-electron chi connectivity index (χ0n) is 16.8. The Balaban J connectivity index is 2.54. The fraction of sp³-hybridized carbons (Fsp3) is 0.667. The van der Waals surface area contributed by atoms with Gasteiger partial charge in [-0.15, -0.1) is 0 Å². The summed E-state index contributed by atoms with van der Waals surface area (Å²) in [5.41, 5.74) is 0.973. The number of allylic oxidation sites excluding steroid dienone is 1. The summed E-state index contributed by atoms with van der Waals surface area (Å²) >= 11 is 1.07. The maximum absolute atomic E-state index is 14.8. The van der Waals surface area contributed by atoms with Gasteiger partial charge in [-0.05, 0) is 24.1 Å². The van der Waals surface area contributed by atoms with Gasteiger partial charge in [-0.25, -0.2) is 12.8 Å². The van der Waals surface area contributed by atoms with Crippen LogP contribution < -0.4 is 4.74 Å². The normalized spacial score (nSPS) is 15.6. The molecule has 0 bridgehead atoms. The van der Waals surface area contributed by atoms with Crippen LogP contribution in [-0.2, 0) is 20.7 Å². The molecule has 0 aromatic carbocycles. The van der Waals surface area contributed by atoms with Crippen molar-refractivity contribution in [1.29, 1.82) is 0 Å². The van der Waals surface area contributed by atoms with Crippen LogP contribution >= 0.6 is 11.3 Å². The molecule has 0 saturated carbocycles. The van der Waals surface area contributed by atoms with E-state index >= 15 is 0 Å². The molecule has 1 heterocycles. The Morgan fingerprint density at radius 2 is 1.85 bits per heavy atom. The van der Waals surface area contributed by atoms with E-state index in [9.17, 15) is 12.8 Å². The highest BCUT2D eigenvalue weighted by Crippen LogP contribution is 2.51. The van der Waals surface area contributed by atoms with Crippen LogP contribution in [0, 0.1) is 5.92 Å². The molecule has 0 amide bonds. The molecule has 0 fully saturated rings. The number of halogens is 1. The average Bonchev–Trinajstić information content (AvgIpc) is 2.93. The number of thiophene rings is 1. The molecule has 0 atom stereocenters. The van der Waals surface area contributed by atoms with Crippen molar-refractivity contribution in [3.8, 4) is 5.06 Å². The minimum Gasteiger partial charge on any atom is -0.541 e. The number of fused-ring (bicyclic) bond motifs is 1. The second-order valence-corrected chi connectivity index (χ2v) is 16.7. The van der Waals surface area contributed by atoms with Crippen LogP contribution in [0.15, 0.2) is 10.0 Å². The van der Waals surface area contributed by atoms with Gasteiger partial charge in [0.25, 0.3) is 8.32 Å². The Hall–Kier alpha value is -0.863. The lowest BCUT2D eigenvalue weighted by molar-refractivity contribution is 0.276. The summed E-state index contributed by atoms with van der Waals surface area (Å²) in [6, 6.07) is 0. The first-order chi connectivity index (χ1) is 11.6. The summed E-state index contributed by atoms with van der Waals surface area (Å²) in [5, 5.41) is 0.361. The molecular formula is C18H29FO4S2Si. The number of hydrogen-bond acceptors (Lipinski definition) is 5. The van der Waals surface area contributed by atoms with Gasteiger partial charge in [0.05, 0.1) is 12.2 Å². The van der Waals surface area contributed by atoms with Crippen molar-refractivity contribution < 1.29 is 22.0 Å². The van der Waals surface area contributed by atoms with Crippen LogP contribution in [0.3, 0.4) is 0 Å². The smallest absolute Gasteiger partial charge is 0.250 e. The SMILES string of the molecule is CC(C)COc1sc(S(C)(=O)=O)c2c1CC(F)=C2O[Si](C)(C)C(C)(C)C. The minimum atomic E-state index is -3.52. The van der Waals surface area contributed by atoms with Crippen molar-refractivity contribution >= 4 is 35.3 Å². The molecule has 1 aromatic rings. The molecule has 4 nitrogen and oxygen atoms in total. The topological polar surface area (TPSA) is 52.6 Å². The number of hydrogen-bond donors (Lipinski definition) is 0. The molecule has 2 rings (SSSR count). The van der Waals surface area contributed by atoms with Gasteiger partial charge >= 0.3 is 0 Å². The van der Waals surface area contributed by atoms with Crippen molar-refractivity contribution in [3.63, 3.8) is 0 Å². The first-order valence-corrected chi connectivity index (χ1v) is 14.3. The third kappa shape index (κ3) is 4.17. The van der Waals surface area contributed by atoms with Crippen LogP contribution in [0.1, 0.15) is 45.7 Å². The summed E-state index contributed by atoms with van der Waals surface area (Å²) in [5.74, 6) is -0.0221. The van der Waals surface area contributed by atoms with Crippen LogP contribution in [0.25, 0.3) is 5.76 Å².